The number of benzene rings is 1. The van der Waals surface area contributed by atoms with E-state index in [-0.39, 0.29) is 41.8 Å². The predicted molar refractivity (Wildman–Crippen MR) is 142 cm³/mol. The number of aryl methyl sites for hydroxylation is 1. The molecule has 2 N–H and O–H groups in total. The van der Waals surface area contributed by atoms with Crippen LogP contribution in [0.2, 0.25) is 0 Å². The Morgan fingerprint density at radius 3 is 2.61 bits per heavy atom. The molecule has 2 aromatic heterocycles. The number of anilines is 3. The summed E-state index contributed by atoms with van der Waals surface area (Å²) in [5.74, 6) is 3.73. The van der Waals surface area contributed by atoms with E-state index in [4.69, 9.17) is 0 Å². The smallest absolute Gasteiger partial charge is 0.335 e. The summed E-state index contributed by atoms with van der Waals surface area (Å²) in [7, 11) is 0. The quantitative estimate of drug-likeness (QED) is 0.266. The van der Waals surface area contributed by atoms with Gasteiger partial charge in [0.25, 0.3) is 5.91 Å². The zero-order valence-electron chi connectivity index (χ0n) is 21.5. The lowest BCUT2D eigenvalue weighted by molar-refractivity contribution is -0.137. The molecule has 0 unspecified atom stereocenters. The third-order valence-electron chi connectivity index (χ3n) is 5.82. The summed E-state index contributed by atoms with van der Waals surface area (Å²) in [5, 5.41) is 4.97. The third-order valence-corrected chi connectivity index (χ3v) is 5.82. The normalized spacial score (nSPS) is 14.5. The van der Waals surface area contributed by atoms with Crippen LogP contribution in [0, 0.1) is 24.6 Å². The number of carbonyl (C=O) groups is 3. The van der Waals surface area contributed by atoms with E-state index in [1.54, 1.807) is 18.2 Å². The fourth-order valence-corrected chi connectivity index (χ4v) is 3.96. The maximum absolute atomic E-state index is 13.8. The summed E-state index contributed by atoms with van der Waals surface area (Å²) in [6.07, 6.45) is -3.62. The summed E-state index contributed by atoms with van der Waals surface area (Å²) >= 11 is 0. The van der Waals surface area contributed by atoms with Crippen LogP contribution < -0.4 is 20.4 Å². The van der Waals surface area contributed by atoms with Crippen molar-refractivity contribution in [1.82, 2.24) is 15.3 Å². The van der Waals surface area contributed by atoms with Gasteiger partial charge in [-0.25, -0.2) is 19.2 Å². The van der Waals surface area contributed by atoms with Crippen molar-refractivity contribution in [3.05, 3.63) is 90.0 Å². The van der Waals surface area contributed by atoms with E-state index in [1.165, 1.54) is 24.0 Å². The summed E-state index contributed by atoms with van der Waals surface area (Å²) in [6, 6.07) is 9.10. The van der Waals surface area contributed by atoms with Crippen molar-refractivity contribution in [1.29, 1.82) is 0 Å². The second-order valence-electron chi connectivity index (χ2n) is 8.73. The van der Waals surface area contributed by atoms with E-state index in [2.05, 4.69) is 39.0 Å². The van der Waals surface area contributed by atoms with Gasteiger partial charge in [-0.3, -0.25) is 19.4 Å². The number of rotatable bonds is 6. The minimum absolute atomic E-state index is 0.000918. The maximum Gasteiger partial charge on any atom is 0.416 e. The first-order valence-electron chi connectivity index (χ1n) is 12.1. The first-order chi connectivity index (χ1) is 19.5. The van der Waals surface area contributed by atoms with Crippen molar-refractivity contribution in [3.8, 4) is 11.8 Å². The van der Waals surface area contributed by atoms with Gasteiger partial charge in [-0.15, -0.1) is 0 Å². The van der Waals surface area contributed by atoms with E-state index < -0.39 is 41.4 Å². The van der Waals surface area contributed by atoms with Gasteiger partial charge in [0, 0.05) is 17.9 Å². The minimum Gasteiger partial charge on any atom is -0.335 e. The maximum atomic E-state index is 13.8. The van der Waals surface area contributed by atoms with Crippen LogP contribution in [0.4, 0.5) is 39.7 Å². The molecule has 1 atom stereocenters. The van der Waals surface area contributed by atoms with E-state index in [0.29, 0.717) is 6.07 Å². The molecule has 9 nitrogen and oxygen atoms in total. The molecular weight excluding hydrogens is 544 g/mol. The summed E-state index contributed by atoms with van der Waals surface area (Å²) in [5.41, 5.74) is -0.522. The Balaban J connectivity index is 1.66. The first-order valence-corrected chi connectivity index (χ1v) is 12.1. The van der Waals surface area contributed by atoms with E-state index in [0.717, 1.165) is 29.2 Å². The lowest BCUT2D eigenvalue weighted by Gasteiger charge is -2.28. The SMILES string of the molecule is C=CC(=O)Nc1cccc(C#CCN(C(=O)[C@@H]2CNC(=O)N2c2cc(C(F)(F)F)cc(C)n2)c2ccc(F)cc2)n1. The van der Waals surface area contributed by atoms with Crippen molar-refractivity contribution in [2.45, 2.75) is 19.1 Å². The van der Waals surface area contributed by atoms with Crippen LogP contribution in [0.25, 0.3) is 0 Å². The molecule has 0 aliphatic carbocycles. The summed E-state index contributed by atoms with van der Waals surface area (Å²) in [6.45, 7) is 4.25. The fourth-order valence-electron chi connectivity index (χ4n) is 3.96. The van der Waals surface area contributed by atoms with Gasteiger partial charge in [0.1, 0.15) is 29.2 Å². The van der Waals surface area contributed by atoms with Crippen LogP contribution in [0.5, 0.6) is 0 Å². The third kappa shape index (κ3) is 6.85. The van der Waals surface area contributed by atoms with Gasteiger partial charge in [0.05, 0.1) is 12.1 Å². The van der Waals surface area contributed by atoms with E-state index in [1.807, 2.05) is 0 Å². The van der Waals surface area contributed by atoms with Gasteiger partial charge >= 0.3 is 12.2 Å². The zero-order valence-corrected chi connectivity index (χ0v) is 21.5. The predicted octanol–water partition coefficient (Wildman–Crippen LogP) is 4.05. The second kappa shape index (κ2) is 11.9. The molecule has 3 aromatic rings. The first kappa shape index (κ1) is 28.8. The second-order valence-corrected chi connectivity index (χ2v) is 8.73. The highest BCUT2D eigenvalue weighted by atomic mass is 19.4. The minimum atomic E-state index is -4.70. The topological polar surface area (TPSA) is 108 Å². The number of amides is 4. The van der Waals surface area contributed by atoms with Crippen LogP contribution in [0.3, 0.4) is 0 Å². The number of pyridine rings is 2. The highest BCUT2D eigenvalue weighted by Gasteiger charge is 2.41. The molecule has 4 amide bonds. The van der Waals surface area contributed by atoms with Gasteiger partial charge in [-0.05, 0) is 67.5 Å². The van der Waals surface area contributed by atoms with Gasteiger partial charge in [-0.1, -0.05) is 18.6 Å². The van der Waals surface area contributed by atoms with Crippen LogP contribution >= 0.6 is 0 Å². The fraction of sp³-hybridized carbons (Fsp3) is 0.179. The molecule has 3 heterocycles. The van der Waals surface area contributed by atoms with Crippen LogP contribution in [-0.4, -0.2) is 46.9 Å². The molecule has 1 aromatic carbocycles. The highest BCUT2D eigenvalue weighted by molar-refractivity contribution is 6.08. The van der Waals surface area contributed by atoms with Crippen molar-refractivity contribution in [2.24, 2.45) is 0 Å². The molecule has 1 aliphatic rings. The molecule has 13 heteroatoms. The molecule has 41 heavy (non-hydrogen) atoms. The van der Waals surface area contributed by atoms with Crippen LogP contribution in [-0.2, 0) is 15.8 Å². The molecule has 0 spiro atoms. The molecule has 0 saturated carbocycles. The highest BCUT2D eigenvalue weighted by Crippen LogP contribution is 2.33. The number of hydrogen-bond acceptors (Lipinski definition) is 5. The van der Waals surface area contributed by atoms with Crippen LogP contribution in [0.1, 0.15) is 17.0 Å². The van der Waals surface area contributed by atoms with Crippen molar-refractivity contribution in [3.63, 3.8) is 0 Å². The molecule has 1 fully saturated rings. The zero-order chi connectivity index (χ0) is 29.7. The Bertz CT molecular complexity index is 1560. The number of carbonyl (C=O) groups excluding carboxylic acids is 3. The lowest BCUT2D eigenvalue weighted by atomic mass is 10.1. The van der Waals surface area contributed by atoms with E-state index >= 15 is 0 Å². The molecule has 1 saturated heterocycles. The van der Waals surface area contributed by atoms with E-state index in [9.17, 15) is 31.9 Å². The van der Waals surface area contributed by atoms with Gasteiger partial charge < -0.3 is 10.6 Å². The Kier molecular flexibility index (Phi) is 8.32. The number of nitrogens with zero attached hydrogens (tertiary/aromatic N) is 4. The number of halogens is 4. The largest absolute Gasteiger partial charge is 0.416 e. The monoisotopic (exact) mass is 566 g/mol. The Labute approximate surface area is 231 Å². The average Bonchev–Trinajstić information content (AvgIpc) is 3.32. The lowest BCUT2D eigenvalue weighted by Crippen LogP contribution is -2.48. The molecule has 210 valence electrons. The van der Waals surface area contributed by atoms with Gasteiger partial charge in [0.2, 0.25) is 5.91 Å². The summed E-state index contributed by atoms with van der Waals surface area (Å²) in [4.78, 5) is 48.3. The molecule has 4 rings (SSSR count). The van der Waals surface area contributed by atoms with Crippen molar-refractivity contribution >= 4 is 35.2 Å². The van der Waals surface area contributed by atoms with Gasteiger partial charge in [-0.2, -0.15) is 13.2 Å². The molecule has 0 radical (unpaired) electrons. The standard InChI is InChI=1S/C28H22F4N6O3/c1-3-25(39)36-23-8-4-6-20(35-23)7-5-13-37(21-11-9-19(29)10-12-21)26(40)22-16-33-27(41)38(22)24-15-18(28(30,31)32)14-17(2)34-24/h3-4,6,8-12,14-15,22H,1,13,16H2,2H3,(H,33,41)(H,35,36,39)/t22-/m0/s1. The Hall–Kier alpha value is -5.25. The number of aromatic nitrogens is 2. The molecular formula is C28H22F4N6O3. The number of nitrogens with one attached hydrogen (secondary N) is 2. The number of urea groups is 1. The van der Waals surface area contributed by atoms with Gasteiger partial charge in [0.15, 0.2) is 0 Å². The number of hydrogen-bond donors (Lipinski definition) is 2. The summed E-state index contributed by atoms with van der Waals surface area (Å²) < 4.78 is 54.0. The average molecular weight is 567 g/mol. The molecule has 0 bridgehead atoms. The van der Waals surface area contributed by atoms with Crippen LogP contribution in [0.15, 0.2) is 67.3 Å². The Morgan fingerprint density at radius 2 is 1.93 bits per heavy atom. The number of alkyl halides is 3. The molecule has 1 aliphatic heterocycles. The van der Waals surface area contributed by atoms with Crippen molar-refractivity contribution in [2.75, 3.05) is 28.2 Å². The Morgan fingerprint density at radius 1 is 1.20 bits per heavy atom. The van der Waals surface area contributed by atoms with Crippen molar-refractivity contribution < 1.29 is 31.9 Å².